The lowest BCUT2D eigenvalue weighted by molar-refractivity contribution is 0.572. The molecule has 20 heavy (non-hydrogen) atoms. The summed E-state index contributed by atoms with van der Waals surface area (Å²) in [5.74, 6) is 0. The Morgan fingerprint density at radius 3 is 1.65 bits per heavy atom. The van der Waals surface area contributed by atoms with Gasteiger partial charge in [-0.2, -0.15) is 0 Å². The van der Waals surface area contributed by atoms with Crippen LogP contribution in [0.5, 0.6) is 0 Å². The van der Waals surface area contributed by atoms with Gasteiger partial charge in [0.25, 0.3) is 0 Å². The molecule has 0 spiro atoms. The van der Waals surface area contributed by atoms with Gasteiger partial charge in [0.1, 0.15) is 0 Å². The Hall–Kier alpha value is -1.56. The highest BCUT2D eigenvalue weighted by atomic mass is 14.3. The average Bonchev–Trinajstić information content (AvgIpc) is 2.37. The van der Waals surface area contributed by atoms with Crippen LogP contribution < -0.4 is 0 Å². The lowest BCUT2D eigenvalue weighted by Crippen LogP contribution is -2.19. The largest absolute Gasteiger partial charge is 0.0616 e. The molecule has 0 nitrogen and oxygen atoms in total. The van der Waals surface area contributed by atoms with Gasteiger partial charge in [0.15, 0.2) is 0 Å². The van der Waals surface area contributed by atoms with Crippen molar-refractivity contribution in [1.82, 2.24) is 0 Å². The molecule has 105 valence electrons. The van der Waals surface area contributed by atoms with Crippen LogP contribution in [-0.2, 0) is 10.8 Å². The molecule has 0 heteroatoms. The van der Waals surface area contributed by atoms with Crippen LogP contribution in [0.3, 0.4) is 0 Å². The van der Waals surface area contributed by atoms with Gasteiger partial charge >= 0.3 is 0 Å². The predicted octanol–water partition coefficient (Wildman–Crippen LogP) is 5.75. The van der Waals surface area contributed by atoms with Crippen molar-refractivity contribution in [1.29, 1.82) is 0 Å². The van der Waals surface area contributed by atoms with E-state index in [-0.39, 0.29) is 10.8 Å². The minimum absolute atomic E-state index is 0.125. The fraction of sp³-hybridized carbons (Fsp3) is 0.400. The third kappa shape index (κ3) is 2.95. The topological polar surface area (TPSA) is 0 Å². The van der Waals surface area contributed by atoms with E-state index < -0.39 is 0 Å². The molecule has 0 fully saturated rings. The smallest absolute Gasteiger partial charge is 0.00990 e. The third-order valence-corrected chi connectivity index (χ3v) is 3.66. The van der Waals surface area contributed by atoms with Gasteiger partial charge in [0.05, 0.1) is 0 Å². The van der Waals surface area contributed by atoms with Crippen molar-refractivity contribution in [2.75, 3.05) is 0 Å². The van der Waals surface area contributed by atoms with Crippen LogP contribution in [0.25, 0.3) is 11.1 Å². The van der Waals surface area contributed by atoms with Crippen LogP contribution in [0.1, 0.15) is 52.7 Å². The maximum absolute atomic E-state index is 3.41. The first-order valence-corrected chi connectivity index (χ1v) is 7.32. The average molecular weight is 265 g/mol. The Morgan fingerprint density at radius 2 is 1.25 bits per heavy atom. The molecule has 0 unspecified atom stereocenters. The van der Waals surface area contributed by atoms with Gasteiger partial charge in [-0.3, -0.25) is 0 Å². The van der Waals surface area contributed by atoms with E-state index in [1.807, 2.05) is 12.1 Å². The summed E-state index contributed by atoms with van der Waals surface area (Å²) in [4.78, 5) is 0. The Morgan fingerprint density at radius 1 is 0.700 bits per heavy atom. The van der Waals surface area contributed by atoms with Gasteiger partial charge in [0, 0.05) is 0 Å². The van der Waals surface area contributed by atoms with Crippen molar-refractivity contribution in [3.8, 4) is 11.1 Å². The molecule has 0 aliphatic heterocycles. The standard InChI is InChI=1S/C20H25/c1-19(2,3)16-13-10-14-17(20(4,5)6)18(16)15-11-8-7-9-12-15/h7-11,13-14H,1-6H3. The predicted molar refractivity (Wildman–Crippen MR) is 88.1 cm³/mol. The lowest BCUT2D eigenvalue weighted by atomic mass is 9.74. The SMILES string of the molecule is CC(C)(C)c1cccc(C(C)(C)C)c1-c1[c]cccc1. The van der Waals surface area contributed by atoms with Crippen molar-refractivity contribution in [3.05, 3.63) is 59.7 Å². The molecule has 1 radical (unpaired) electrons. The Labute approximate surface area is 123 Å². The highest BCUT2D eigenvalue weighted by Gasteiger charge is 2.25. The zero-order valence-electron chi connectivity index (χ0n) is 13.5. The molecule has 0 atom stereocenters. The zero-order chi connectivity index (χ0) is 15.0. The zero-order valence-corrected chi connectivity index (χ0v) is 13.5. The normalized spacial score (nSPS) is 12.5. The van der Waals surface area contributed by atoms with E-state index in [9.17, 15) is 0 Å². The molecule has 2 aromatic rings. The van der Waals surface area contributed by atoms with Gasteiger partial charge in [-0.1, -0.05) is 84.0 Å². The first-order chi connectivity index (χ1) is 9.21. The highest BCUT2D eigenvalue weighted by molar-refractivity contribution is 5.73. The Bertz CT molecular complexity index is 545. The number of benzene rings is 2. The molecular formula is C20H25. The monoisotopic (exact) mass is 265 g/mol. The van der Waals surface area contributed by atoms with Gasteiger partial charge in [-0.05, 0) is 39.2 Å². The molecule has 0 aliphatic carbocycles. The van der Waals surface area contributed by atoms with E-state index in [4.69, 9.17) is 0 Å². The Kier molecular flexibility index (Phi) is 3.77. The second-order valence-electron chi connectivity index (χ2n) is 7.50. The molecule has 2 rings (SSSR count). The summed E-state index contributed by atoms with van der Waals surface area (Å²) in [5.41, 5.74) is 5.59. The highest BCUT2D eigenvalue weighted by Crippen LogP contribution is 2.39. The van der Waals surface area contributed by atoms with E-state index in [0.29, 0.717) is 0 Å². The minimum Gasteiger partial charge on any atom is -0.0616 e. The molecule has 0 bridgehead atoms. The van der Waals surface area contributed by atoms with E-state index >= 15 is 0 Å². The van der Waals surface area contributed by atoms with Gasteiger partial charge in [-0.15, -0.1) is 0 Å². The molecule has 0 aliphatic rings. The van der Waals surface area contributed by atoms with Crippen LogP contribution in [0.4, 0.5) is 0 Å². The van der Waals surface area contributed by atoms with Gasteiger partial charge in [0.2, 0.25) is 0 Å². The first-order valence-electron chi connectivity index (χ1n) is 7.32. The molecule has 0 saturated carbocycles. The van der Waals surface area contributed by atoms with Crippen molar-refractivity contribution in [2.24, 2.45) is 0 Å². The van der Waals surface area contributed by atoms with Crippen molar-refractivity contribution >= 4 is 0 Å². The second kappa shape index (κ2) is 5.09. The van der Waals surface area contributed by atoms with Crippen molar-refractivity contribution in [2.45, 2.75) is 52.4 Å². The van der Waals surface area contributed by atoms with Gasteiger partial charge < -0.3 is 0 Å². The molecule has 0 saturated heterocycles. The van der Waals surface area contributed by atoms with Crippen LogP contribution in [0, 0.1) is 6.07 Å². The summed E-state index contributed by atoms with van der Waals surface area (Å²) in [7, 11) is 0. The van der Waals surface area contributed by atoms with Crippen molar-refractivity contribution < 1.29 is 0 Å². The van der Waals surface area contributed by atoms with E-state index in [1.165, 1.54) is 22.3 Å². The fourth-order valence-electron chi connectivity index (χ4n) is 2.64. The summed E-state index contributed by atoms with van der Waals surface area (Å²) in [6.07, 6.45) is 0. The van der Waals surface area contributed by atoms with Crippen LogP contribution in [0.15, 0.2) is 42.5 Å². The van der Waals surface area contributed by atoms with Crippen LogP contribution in [-0.4, -0.2) is 0 Å². The summed E-state index contributed by atoms with van der Waals surface area (Å²) in [5, 5.41) is 0. The van der Waals surface area contributed by atoms with E-state index in [1.54, 1.807) is 0 Å². The van der Waals surface area contributed by atoms with Crippen LogP contribution in [0.2, 0.25) is 0 Å². The first kappa shape index (κ1) is 14.8. The number of hydrogen-bond acceptors (Lipinski definition) is 0. The third-order valence-electron chi connectivity index (χ3n) is 3.66. The molecule has 0 heterocycles. The quantitative estimate of drug-likeness (QED) is 0.616. The van der Waals surface area contributed by atoms with Gasteiger partial charge in [-0.25, -0.2) is 0 Å². The molecule has 2 aromatic carbocycles. The minimum atomic E-state index is 0.125. The maximum atomic E-state index is 3.41. The fourth-order valence-corrected chi connectivity index (χ4v) is 2.64. The summed E-state index contributed by atoms with van der Waals surface area (Å²) in [6, 6.07) is 18.4. The Balaban J connectivity index is 2.80. The van der Waals surface area contributed by atoms with E-state index in [2.05, 4.69) is 77.9 Å². The van der Waals surface area contributed by atoms with E-state index in [0.717, 1.165) is 0 Å². The molecule has 0 aromatic heterocycles. The lowest BCUT2D eigenvalue weighted by Gasteiger charge is -2.30. The number of hydrogen-bond donors (Lipinski definition) is 0. The summed E-state index contributed by atoms with van der Waals surface area (Å²) >= 11 is 0. The second-order valence-corrected chi connectivity index (χ2v) is 7.50. The summed E-state index contributed by atoms with van der Waals surface area (Å²) < 4.78 is 0. The molecular weight excluding hydrogens is 240 g/mol. The maximum Gasteiger partial charge on any atom is -0.00990 e. The summed E-state index contributed by atoms with van der Waals surface area (Å²) in [6.45, 7) is 13.7. The van der Waals surface area contributed by atoms with Crippen molar-refractivity contribution in [3.63, 3.8) is 0 Å². The molecule has 0 amide bonds. The number of rotatable bonds is 1. The molecule has 0 N–H and O–H groups in total. The van der Waals surface area contributed by atoms with Crippen LogP contribution >= 0.6 is 0 Å².